The Morgan fingerprint density at radius 3 is 2.59 bits per heavy atom. The number of nitriles is 1. The molecule has 1 amide bonds. The van der Waals surface area contributed by atoms with E-state index in [0.29, 0.717) is 27.1 Å². The lowest BCUT2D eigenvalue weighted by atomic mass is 10.2. The van der Waals surface area contributed by atoms with Crippen LogP contribution >= 0.6 is 23.2 Å². The Bertz CT molecular complexity index is 786. The summed E-state index contributed by atoms with van der Waals surface area (Å²) in [6, 6.07) is 10.3. The third kappa shape index (κ3) is 3.51. The second-order valence-electron chi connectivity index (χ2n) is 4.70. The molecular formula is C16H12Cl2N2O2. The zero-order valence-corrected chi connectivity index (χ0v) is 13.4. The molecule has 112 valence electrons. The molecule has 0 atom stereocenters. The minimum Gasteiger partial charge on any atom is -0.457 e. The van der Waals surface area contributed by atoms with Gasteiger partial charge in [0.2, 0.25) is 0 Å². The molecule has 2 aromatic rings. The summed E-state index contributed by atoms with van der Waals surface area (Å²) in [5.41, 5.74) is 0.677. The molecule has 2 rings (SSSR count). The molecule has 0 saturated heterocycles. The molecule has 0 aliphatic carbocycles. The zero-order valence-electron chi connectivity index (χ0n) is 11.9. The number of nitrogens with zero attached hydrogens (tertiary/aromatic N) is 2. The van der Waals surface area contributed by atoms with Gasteiger partial charge in [0, 0.05) is 30.8 Å². The minimum atomic E-state index is -0.384. The summed E-state index contributed by atoms with van der Waals surface area (Å²) in [6.45, 7) is 0. The first-order valence-corrected chi connectivity index (χ1v) is 7.06. The van der Waals surface area contributed by atoms with Crippen molar-refractivity contribution in [3.63, 3.8) is 0 Å². The lowest BCUT2D eigenvalue weighted by molar-refractivity contribution is -0.124. The SMILES string of the molecule is CN(C)C(=O)C(C#N)=Cc1ccc(-c2ccc(Cl)cc2Cl)o1. The number of rotatable bonds is 3. The molecule has 6 heteroatoms. The van der Waals surface area contributed by atoms with Crippen LogP contribution in [-0.4, -0.2) is 24.9 Å². The van der Waals surface area contributed by atoms with Crippen molar-refractivity contribution in [3.05, 3.63) is 51.7 Å². The van der Waals surface area contributed by atoms with Gasteiger partial charge in [0.15, 0.2) is 0 Å². The van der Waals surface area contributed by atoms with Gasteiger partial charge >= 0.3 is 0 Å². The van der Waals surface area contributed by atoms with Crippen LogP contribution < -0.4 is 0 Å². The van der Waals surface area contributed by atoms with Crippen molar-refractivity contribution < 1.29 is 9.21 Å². The van der Waals surface area contributed by atoms with Crippen LogP contribution in [0.25, 0.3) is 17.4 Å². The second kappa shape index (κ2) is 6.69. The van der Waals surface area contributed by atoms with Crippen LogP contribution in [-0.2, 0) is 4.79 Å². The number of hydrogen-bond donors (Lipinski definition) is 0. The van der Waals surface area contributed by atoms with Gasteiger partial charge in [-0.15, -0.1) is 0 Å². The van der Waals surface area contributed by atoms with E-state index < -0.39 is 0 Å². The van der Waals surface area contributed by atoms with Crippen LogP contribution in [0.3, 0.4) is 0 Å². The van der Waals surface area contributed by atoms with Crippen molar-refractivity contribution in [2.24, 2.45) is 0 Å². The Morgan fingerprint density at radius 1 is 1.27 bits per heavy atom. The van der Waals surface area contributed by atoms with Crippen LogP contribution in [0.4, 0.5) is 0 Å². The fourth-order valence-electron chi connectivity index (χ4n) is 1.79. The third-order valence-electron chi connectivity index (χ3n) is 2.87. The molecule has 0 bridgehead atoms. The summed E-state index contributed by atoms with van der Waals surface area (Å²) >= 11 is 12.0. The molecule has 1 aromatic carbocycles. The summed E-state index contributed by atoms with van der Waals surface area (Å²) < 4.78 is 5.63. The van der Waals surface area contributed by atoms with E-state index in [0.717, 1.165) is 0 Å². The zero-order chi connectivity index (χ0) is 16.3. The lowest BCUT2D eigenvalue weighted by Crippen LogP contribution is -2.22. The summed E-state index contributed by atoms with van der Waals surface area (Å²) in [5, 5.41) is 10.1. The number of likely N-dealkylation sites (N-methyl/N-ethyl adjacent to an activating group) is 1. The van der Waals surface area contributed by atoms with E-state index in [1.807, 2.05) is 6.07 Å². The predicted molar refractivity (Wildman–Crippen MR) is 86.4 cm³/mol. The van der Waals surface area contributed by atoms with Crippen molar-refractivity contribution >= 4 is 35.2 Å². The maximum absolute atomic E-state index is 11.8. The van der Waals surface area contributed by atoms with Gasteiger partial charge in [-0.1, -0.05) is 23.2 Å². The monoisotopic (exact) mass is 334 g/mol. The van der Waals surface area contributed by atoms with Crippen molar-refractivity contribution in [2.75, 3.05) is 14.1 Å². The topological polar surface area (TPSA) is 57.2 Å². The highest BCUT2D eigenvalue weighted by molar-refractivity contribution is 6.36. The largest absolute Gasteiger partial charge is 0.457 e. The summed E-state index contributed by atoms with van der Waals surface area (Å²) in [6.07, 6.45) is 1.40. The van der Waals surface area contributed by atoms with Crippen molar-refractivity contribution in [3.8, 4) is 17.4 Å². The highest BCUT2D eigenvalue weighted by Gasteiger charge is 2.13. The van der Waals surface area contributed by atoms with E-state index in [9.17, 15) is 4.79 Å². The number of halogens is 2. The molecule has 0 N–H and O–H groups in total. The molecule has 1 aromatic heterocycles. The smallest absolute Gasteiger partial charge is 0.264 e. The quantitative estimate of drug-likeness (QED) is 0.622. The average Bonchev–Trinajstić information content (AvgIpc) is 2.92. The molecule has 0 aliphatic rings. The van der Waals surface area contributed by atoms with Crippen LogP contribution in [0.15, 0.2) is 40.3 Å². The lowest BCUT2D eigenvalue weighted by Gasteiger charge is -2.07. The Kier molecular flexibility index (Phi) is 4.92. The summed E-state index contributed by atoms with van der Waals surface area (Å²) in [4.78, 5) is 13.1. The fourth-order valence-corrected chi connectivity index (χ4v) is 2.29. The fraction of sp³-hybridized carbons (Fsp3) is 0.125. The van der Waals surface area contributed by atoms with Gasteiger partial charge in [-0.05, 0) is 30.3 Å². The molecule has 0 radical (unpaired) electrons. The van der Waals surface area contributed by atoms with Crippen molar-refractivity contribution in [1.82, 2.24) is 4.90 Å². The van der Waals surface area contributed by atoms with E-state index in [-0.39, 0.29) is 11.5 Å². The molecule has 0 saturated carbocycles. The third-order valence-corrected chi connectivity index (χ3v) is 3.41. The number of furan rings is 1. The van der Waals surface area contributed by atoms with Crippen molar-refractivity contribution in [1.29, 1.82) is 5.26 Å². The van der Waals surface area contributed by atoms with Gasteiger partial charge in [-0.3, -0.25) is 4.79 Å². The highest BCUT2D eigenvalue weighted by atomic mass is 35.5. The van der Waals surface area contributed by atoms with Gasteiger partial charge in [0.1, 0.15) is 23.2 Å². The molecule has 4 nitrogen and oxygen atoms in total. The van der Waals surface area contributed by atoms with E-state index in [1.54, 1.807) is 44.4 Å². The first-order chi connectivity index (χ1) is 10.4. The van der Waals surface area contributed by atoms with Crippen LogP contribution in [0.1, 0.15) is 5.76 Å². The Balaban J connectivity index is 2.36. The van der Waals surface area contributed by atoms with Crippen LogP contribution in [0.2, 0.25) is 10.0 Å². The van der Waals surface area contributed by atoms with Crippen molar-refractivity contribution in [2.45, 2.75) is 0 Å². The van der Waals surface area contributed by atoms with Gasteiger partial charge in [-0.25, -0.2) is 0 Å². The van der Waals surface area contributed by atoms with Gasteiger partial charge in [0.25, 0.3) is 5.91 Å². The number of amides is 1. The van der Waals surface area contributed by atoms with E-state index in [1.165, 1.54) is 11.0 Å². The first kappa shape index (κ1) is 16.2. The molecule has 0 spiro atoms. The number of benzene rings is 1. The van der Waals surface area contributed by atoms with Gasteiger partial charge in [-0.2, -0.15) is 5.26 Å². The van der Waals surface area contributed by atoms with Gasteiger partial charge in [0.05, 0.1) is 5.02 Å². The molecule has 22 heavy (non-hydrogen) atoms. The number of hydrogen-bond acceptors (Lipinski definition) is 3. The van der Waals surface area contributed by atoms with Crippen LogP contribution in [0.5, 0.6) is 0 Å². The maximum atomic E-state index is 11.8. The number of carbonyl (C=O) groups excluding carboxylic acids is 1. The normalized spacial score (nSPS) is 11.1. The maximum Gasteiger partial charge on any atom is 0.264 e. The van der Waals surface area contributed by atoms with Crippen LogP contribution in [0, 0.1) is 11.3 Å². The molecular weight excluding hydrogens is 323 g/mol. The highest BCUT2D eigenvalue weighted by Crippen LogP contribution is 2.31. The Labute approximate surface area is 138 Å². The molecule has 0 fully saturated rings. The minimum absolute atomic E-state index is 0.00639. The van der Waals surface area contributed by atoms with E-state index >= 15 is 0 Å². The Hall–Kier alpha value is -2.22. The number of carbonyl (C=O) groups is 1. The molecule has 0 aliphatic heterocycles. The van der Waals surface area contributed by atoms with E-state index in [4.69, 9.17) is 32.9 Å². The second-order valence-corrected chi connectivity index (χ2v) is 5.54. The summed E-state index contributed by atoms with van der Waals surface area (Å²) in [5.74, 6) is 0.542. The van der Waals surface area contributed by atoms with Gasteiger partial charge < -0.3 is 9.32 Å². The molecule has 0 unspecified atom stereocenters. The predicted octanol–water partition coefficient (Wildman–Crippen LogP) is 4.25. The first-order valence-electron chi connectivity index (χ1n) is 6.31. The molecule has 1 heterocycles. The Morgan fingerprint density at radius 2 is 2.00 bits per heavy atom. The average molecular weight is 335 g/mol. The van der Waals surface area contributed by atoms with E-state index in [2.05, 4.69) is 0 Å². The summed E-state index contributed by atoms with van der Waals surface area (Å²) in [7, 11) is 3.16. The standard InChI is InChI=1S/C16H12Cl2N2O2/c1-20(2)16(21)10(9-19)7-12-4-6-15(22-12)13-5-3-11(17)8-14(13)18/h3-8H,1-2H3.